The molecule has 0 fully saturated rings. The van der Waals surface area contributed by atoms with Crippen LogP contribution in [0.4, 0.5) is 10.5 Å². The van der Waals surface area contributed by atoms with Crippen molar-refractivity contribution in [3.05, 3.63) is 60.2 Å². The summed E-state index contributed by atoms with van der Waals surface area (Å²) in [6, 6.07) is 13.9. The molecule has 0 aliphatic heterocycles. The lowest BCUT2D eigenvalue weighted by molar-refractivity contribution is -0.144. The van der Waals surface area contributed by atoms with Crippen molar-refractivity contribution < 1.29 is 23.9 Å². The van der Waals surface area contributed by atoms with Gasteiger partial charge in [0, 0.05) is 11.3 Å². The standard InChI is InChI=1S/C20H22N2O5/c1-3-26-17-11-9-15(10-12-17)18(23)13-27-19(24)14(2)21-20(25)22-16-7-5-4-6-8-16/h4-12,14H,3,13H2,1-2H3,(H2,21,22,25)/t14-/m0/s1. The molecule has 2 amide bonds. The van der Waals surface area contributed by atoms with E-state index in [2.05, 4.69) is 10.6 Å². The first-order valence-corrected chi connectivity index (χ1v) is 8.55. The zero-order valence-electron chi connectivity index (χ0n) is 15.2. The van der Waals surface area contributed by atoms with Gasteiger partial charge in [-0.2, -0.15) is 0 Å². The van der Waals surface area contributed by atoms with Crippen LogP contribution in [0, 0.1) is 0 Å². The lowest BCUT2D eigenvalue weighted by Crippen LogP contribution is -2.42. The number of hydrogen-bond donors (Lipinski definition) is 2. The first kappa shape index (κ1) is 20.0. The van der Waals surface area contributed by atoms with E-state index in [0.29, 0.717) is 23.6 Å². The summed E-state index contributed by atoms with van der Waals surface area (Å²) in [6.07, 6.45) is 0. The summed E-state index contributed by atoms with van der Waals surface area (Å²) >= 11 is 0. The van der Waals surface area contributed by atoms with Gasteiger partial charge in [-0.05, 0) is 50.2 Å². The molecule has 2 aromatic rings. The summed E-state index contributed by atoms with van der Waals surface area (Å²) in [5.74, 6) is -0.377. The van der Waals surface area contributed by atoms with Crippen LogP contribution in [0.3, 0.4) is 0 Å². The Hall–Kier alpha value is -3.35. The van der Waals surface area contributed by atoms with Gasteiger partial charge >= 0.3 is 12.0 Å². The minimum absolute atomic E-state index is 0.340. The number of rotatable bonds is 8. The molecule has 0 aliphatic carbocycles. The molecule has 2 rings (SSSR count). The molecule has 0 radical (unpaired) electrons. The molecule has 142 valence electrons. The highest BCUT2D eigenvalue weighted by Crippen LogP contribution is 2.12. The number of amides is 2. The molecule has 0 aromatic heterocycles. The van der Waals surface area contributed by atoms with Crippen LogP contribution >= 0.6 is 0 Å². The van der Waals surface area contributed by atoms with Crippen LogP contribution in [0.15, 0.2) is 54.6 Å². The van der Waals surface area contributed by atoms with Crippen molar-refractivity contribution in [2.45, 2.75) is 19.9 Å². The Morgan fingerprint density at radius 1 is 1.00 bits per heavy atom. The van der Waals surface area contributed by atoms with Gasteiger partial charge in [0.1, 0.15) is 11.8 Å². The van der Waals surface area contributed by atoms with Gasteiger partial charge in [0.05, 0.1) is 6.61 Å². The Morgan fingerprint density at radius 3 is 2.30 bits per heavy atom. The maximum absolute atomic E-state index is 12.1. The average Bonchev–Trinajstić information content (AvgIpc) is 2.67. The summed E-state index contributed by atoms with van der Waals surface area (Å²) in [5, 5.41) is 5.06. The van der Waals surface area contributed by atoms with E-state index in [1.54, 1.807) is 48.5 Å². The van der Waals surface area contributed by atoms with Gasteiger partial charge in [0.25, 0.3) is 0 Å². The molecule has 7 heteroatoms. The average molecular weight is 370 g/mol. The molecule has 0 heterocycles. The highest BCUT2D eigenvalue weighted by Gasteiger charge is 2.18. The number of carbonyl (C=O) groups excluding carboxylic acids is 3. The third kappa shape index (κ3) is 6.47. The number of ketones is 1. The molecular formula is C20H22N2O5. The van der Waals surface area contributed by atoms with Crippen LogP contribution < -0.4 is 15.4 Å². The van der Waals surface area contributed by atoms with Crippen LogP contribution in [0.2, 0.25) is 0 Å². The predicted molar refractivity (Wildman–Crippen MR) is 101 cm³/mol. The number of carbonyl (C=O) groups is 3. The summed E-state index contributed by atoms with van der Waals surface area (Å²) in [4.78, 5) is 35.9. The van der Waals surface area contributed by atoms with Gasteiger partial charge in [-0.25, -0.2) is 9.59 Å². The van der Waals surface area contributed by atoms with Crippen molar-refractivity contribution in [3.8, 4) is 5.75 Å². The number of urea groups is 1. The molecule has 27 heavy (non-hydrogen) atoms. The Labute approximate surface area is 157 Å². The van der Waals surface area contributed by atoms with E-state index in [9.17, 15) is 14.4 Å². The SMILES string of the molecule is CCOc1ccc(C(=O)COC(=O)[C@H](C)NC(=O)Nc2ccccc2)cc1. The number of esters is 1. The summed E-state index contributed by atoms with van der Waals surface area (Å²) in [6.45, 7) is 3.48. The largest absolute Gasteiger partial charge is 0.494 e. The molecular weight excluding hydrogens is 348 g/mol. The molecule has 0 saturated heterocycles. The van der Waals surface area contributed by atoms with E-state index < -0.39 is 24.6 Å². The molecule has 0 aliphatic rings. The van der Waals surface area contributed by atoms with Gasteiger partial charge in [0.15, 0.2) is 12.4 Å². The van der Waals surface area contributed by atoms with Crippen LogP contribution in [0.1, 0.15) is 24.2 Å². The first-order valence-electron chi connectivity index (χ1n) is 8.55. The molecule has 0 bridgehead atoms. The third-order valence-electron chi connectivity index (χ3n) is 3.57. The van der Waals surface area contributed by atoms with Gasteiger partial charge in [-0.1, -0.05) is 18.2 Å². The number of para-hydroxylation sites is 1. The number of benzene rings is 2. The van der Waals surface area contributed by atoms with Crippen molar-refractivity contribution in [2.75, 3.05) is 18.5 Å². The van der Waals surface area contributed by atoms with Crippen molar-refractivity contribution in [1.82, 2.24) is 5.32 Å². The summed E-state index contributed by atoms with van der Waals surface area (Å²) < 4.78 is 10.3. The molecule has 2 N–H and O–H groups in total. The van der Waals surface area contributed by atoms with Crippen molar-refractivity contribution in [3.63, 3.8) is 0 Å². The topological polar surface area (TPSA) is 93.7 Å². The zero-order chi connectivity index (χ0) is 19.6. The lowest BCUT2D eigenvalue weighted by atomic mass is 10.1. The highest BCUT2D eigenvalue weighted by atomic mass is 16.5. The fourth-order valence-electron chi connectivity index (χ4n) is 2.19. The Morgan fingerprint density at radius 2 is 1.67 bits per heavy atom. The Kier molecular flexibility index (Phi) is 7.37. The second-order valence-corrected chi connectivity index (χ2v) is 5.67. The Bertz CT molecular complexity index is 775. The number of ether oxygens (including phenoxy) is 2. The maximum atomic E-state index is 12.1. The maximum Gasteiger partial charge on any atom is 0.328 e. The Balaban J connectivity index is 1.78. The quantitative estimate of drug-likeness (QED) is 0.550. The van der Waals surface area contributed by atoms with E-state index in [1.165, 1.54) is 6.92 Å². The van der Waals surface area contributed by atoms with Crippen LogP contribution in [0.25, 0.3) is 0 Å². The molecule has 7 nitrogen and oxygen atoms in total. The molecule has 0 spiro atoms. The van der Waals surface area contributed by atoms with Crippen molar-refractivity contribution >= 4 is 23.5 Å². The van der Waals surface area contributed by atoms with Crippen LogP contribution in [0.5, 0.6) is 5.75 Å². The number of nitrogens with one attached hydrogen (secondary N) is 2. The van der Waals surface area contributed by atoms with E-state index in [0.717, 1.165) is 0 Å². The molecule has 2 aromatic carbocycles. The van der Waals surface area contributed by atoms with Gasteiger partial charge in [-0.3, -0.25) is 4.79 Å². The monoisotopic (exact) mass is 370 g/mol. The lowest BCUT2D eigenvalue weighted by Gasteiger charge is -2.14. The molecule has 0 unspecified atom stereocenters. The fourth-order valence-corrected chi connectivity index (χ4v) is 2.19. The fraction of sp³-hybridized carbons (Fsp3) is 0.250. The van der Waals surface area contributed by atoms with E-state index in [-0.39, 0.29) is 5.78 Å². The smallest absolute Gasteiger partial charge is 0.328 e. The highest BCUT2D eigenvalue weighted by molar-refractivity contribution is 5.98. The number of Topliss-reactive ketones (excluding diaryl/α,β-unsaturated/α-hetero) is 1. The van der Waals surface area contributed by atoms with Gasteiger partial charge < -0.3 is 20.1 Å². The minimum atomic E-state index is -0.901. The molecule has 1 atom stereocenters. The van der Waals surface area contributed by atoms with Gasteiger partial charge in [0.2, 0.25) is 0 Å². The number of anilines is 1. The van der Waals surface area contributed by atoms with Crippen LogP contribution in [-0.2, 0) is 9.53 Å². The first-order chi connectivity index (χ1) is 13.0. The normalized spacial score (nSPS) is 11.2. The summed E-state index contributed by atoms with van der Waals surface area (Å²) in [7, 11) is 0. The summed E-state index contributed by atoms with van der Waals surface area (Å²) in [5.41, 5.74) is 1.01. The molecule has 0 saturated carbocycles. The minimum Gasteiger partial charge on any atom is -0.494 e. The number of hydrogen-bond acceptors (Lipinski definition) is 5. The predicted octanol–water partition coefficient (Wildman–Crippen LogP) is 3.02. The van der Waals surface area contributed by atoms with Crippen molar-refractivity contribution in [1.29, 1.82) is 0 Å². The van der Waals surface area contributed by atoms with Crippen molar-refractivity contribution in [2.24, 2.45) is 0 Å². The third-order valence-corrected chi connectivity index (χ3v) is 3.57. The second kappa shape index (κ2) is 9.96. The zero-order valence-corrected chi connectivity index (χ0v) is 15.2. The van der Waals surface area contributed by atoms with E-state index in [4.69, 9.17) is 9.47 Å². The second-order valence-electron chi connectivity index (χ2n) is 5.67. The van der Waals surface area contributed by atoms with Gasteiger partial charge in [-0.15, -0.1) is 0 Å². The van der Waals surface area contributed by atoms with E-state index in [1.807, 2.05) is 13.0 Å². The van der Waals surface area contributed by atoms with Crippen LogP contribution in [-0.4, -0.2) is 37.0 Å². The van der Waals surface area contributed by atoms with E-state index >= 15 is 0 Å².